The van der Waals surface area contributed by atoms with Crippen molar-refractivity contribution in [1.82, 2.24) is 0 Å². The molecule has 2 heteroatoms. The Bertz CT molecular complexity index is 375. The highest BCUT2D eigenvalue weighted by atomic mass is 32.2. The normalized spacial score (nSPS) is 25.8. The van der Waals surface area contributed by atoms with Gasteiger partial charge in [0.2, 0.25) is 0 Å². The van der Waals surface area contributed by atoms with Crippen LogP contribution in [0.3, 0.4) is 0 Å². The average molecular weight is 278 g/mol. The zero-order chi connectivity index (χ0) is 13.7. The monoisotopic (exact) mass is 278 g/mol. The molecule has 2 aliphatic rings. The Labute approximate surface area is 121 Å². The third-order valence-electron chi connectivity index (χ3n) is 4.30. The minimum Gasteiger partial charge on any atom is -0.294 e. The minimum absolute atomic E-state index is 0.395. The second-order valence-electron chi connectivity index (χ2n) is 5.76. The molecule has 1 fully saturated rings. The Morgan fingerprint density at radius 1 is 1.21 bits per heavy atom. The number of allylic oxidation sites excluding steroid dienone is 3. The first-order chi connectivity index (χ1) is 9.22. The van der Waals surface area contributed by atoms with Crippen molar-refractivity contribution < 1.29 is 4.79 Å². The van der Waals surface area contributed by atoms with Gasteiger partial charge in [-0.3, -0.25) is 4.79 Å². The van der Waals surface area contributed by atoms with Gasteiger partial charge in [0.1, 0.15) is 0 Å². The lowest BCUT2D eigenvalue weighted by Crippen LogP contribution is -2.14. The smallest absolute Gasteiger partial charge is 0.160 e. The van der Waals surface area contributed by atoms with Crippen molar-refractivity contribution in [2.75, 3.05) is 0 Å². The van der Waals surface area contributed by atoms with Gasteiger partial charge in [0.05, 0.1) is 0 Å². The van der Waals surface area contributed by atoms with E-state index in [1.807, 2.05) is 0 Å². The SMILES string of the molecule is CCC=CCC1=C(C)C(SC2CCCCC2)CC1=O. The van der Waals surface area contributed by atoms with E-state index >= 15 is 0 Å². The molecule has 1 unspecified atom stereocenters. The van der Waals surface area contributed by atoms with Gasteiger partial charge in [0.25, 0.3) is 0 Å². The van der Waals surface area contributed by atoms with E-state index in [-0.39, 0.29) is 0 Å². The Morgan fingerprint density at radius 3 is 2.63 bits per heavy atom. The van der Waals surface area contributed by atoms with E-state index in [0.717, 1.165) is 30.1 Å². The molecule has 0 aromatic heterocycles. The third kappa shape index (κ3) is 3.98. The molecule has 1 nitrogen and oxygen atoms in total. The molecule has 19 heavy (non-hydrogen) atoms. The van der Waals surface area contributed by atoms with E-state index in [1.165, 1.54) is 37.7 Å². The highest BCUT2D eigenvalue weighted by Crippen LogP contribution is 2.40. The first kappa shape index (κ1) is 14.9. The molecule has 0 aromatic rings. The number of carbonyl (C=O) groups excluding carboxylic acids is 1. The molecular formula is C17H26OS. The molecule has 0 aliphatic heterocycles. The maximum absolute atomic E-state index is 12.1. The maximum atomic E-state index is 12.1. The fourth-order valence-electron chi connectivity index (χ4n) is 3.09. The molecule has 0 radical (unpaired) electrons. The van der Waals surface area contributed by atoms with Gasteiger partial charge in [-0.1, -0.05) is 43.9 Å². The highest BCUT2D eigenvalue weighted by molar-refractivity contribution is 8.00. The van der Waals surface area contributed by atoms with Crippen LogP contribution >= 0.6 is 11.8 Å². The number of Topliss-reactive ketones (excluding diaryl/α,β-unsaturated/α-hetero) is 1. The van der Waals surface area contributed by atoms with Gasteiger partial charge in [-0.15, -0.1) is 0 Å². The molecule has 1 saturated carbocycles. The first-order valence-electron chi connectivity index (χ1n) is 7.75. The fraction of sp³-hybridized carbons (Fsp3) is 0.706. The predicted molar refractivity (Wildman–Crippen MR) is 84.6 cm³/mol. The third-order valence-corrected chi connectivity index (χ3v) is 6.00. The highest BCUT2D eigenvalue weighted by Gasteiger charge is 2.31. The van der Waals surface area contributed by atoms with Crippen LogP contribution in [-0.4, -0.2) is 16.3 Å². The molecule has 0 spiro atoms. The number of rotatable bonds is 5. The van der Waals surface area contributed by atoms with Crippen molar-refractivity contribution in [3.05, 3.63) is 23.3 Å². The van der Waals surface area contributed by atoms with Gasteiger partial charge in [-0.2, -0.15) is 11.8 Å². The lowest BCUT2D eigenvalue weighted by atomic mass is 10.0. The van der Waals surface area contributed by atoms with Gasteiger partial charge < -0.3 is 0 Å². The second kappa shape index (κ2) is 7.33. The molecule has 0 heterocycles. The van der Waals surface area contributed by atoms with Crippen molar-refractivity contribution in [3.63, 3.8) is 0 Å². The van der Waals surface area contributed by atoms with Crippen LogP contribution < -0.4 is 0 Å². The topological polar surface area (TPSA) is 17.1 Å². The second-order valence-corrected chi connectivity index (χ2v) is 7.27. The number of hydrogen-bond donors (Lipinski definition) is 0. The molecule has 0 aromatic carbocycles. The van der Waals surface area contributed by atoms with E-state index in [1.54, 1.807) is 0 Å². The number of carbonyl (C=O) groups is 1. The molecule has 0 saturated heterocycles. The Morgan fingerprint density at radius 2 is 1.95 bits per heavy atom. The van der Waals surface area contributed by atoms with E-state index in [0.29, 0.717) is 11.0 Å². The van der Waals surface area contributed by atoms with Crippen LogP contribution in [0.2, 0.25) is 0 Å². The summed E-state index contributed by atoms with van der Waals surface area (Å²) in [7, 11) is 0. The Balaban J connectivity index is 1.94. The van der Waals surface area contributed by atoms with Crippen LogP contribution in [-0.2, 0) is 4.79 Å². The van der Waals surface area contributed by atoms with Crippen molar-refractivity contribution in [1.29, 1.82) is 0 Å². The van der Waals surface area contributed by atoms with Crippen molar-refractivity contribution in [2.45, 2.75) is 75.7 Å². The lowest BCUT2D eigenvalue weighted by Gasteiger charge is -2.24. The van der Waals surface area contributed by atoms with Crippen LogP contribution in [0.1, 0.15) is 65.2 Å². The van der Waals surface area contributed by atoms with Gasteiger partial charge in [0.15, 0.2) is 5.78 Å². The first-order valence-corrected chi connectivity index (χ1v) is 8.70. The summed E-state index contributed by atoms with van der Waals surface area (Å²) in [4.78, 5) is 12.1. The lowest BCUT2D eigenvalue weighted by molar-refractivity contribution is -0.114. The van der Waals surface area contributed by atoms with Gasteiger partial charge in [0, 0.05) is 16.9 Å². The summed E-state index contributed by atoms with van der Waals surface area (Å²) in [5, 5.41) is 1.27. The van der Waals surface area contributed by atoms with Crippen LogP contribution in [0.4, 0.5) is 0 Å². The number of thioether (sulfide) groups is 1. The standard InChI is InChI=1S/C17H26OS/c1-3-4-6-11-15-13(2)17(12-16(15)18)19-14-9-7-5-8-10-14/h4,6,14,17H,3,5,7-12H2,1-2H3. The van der Waals surface area contributed by atoms with Gasteiger partial charge in [-0.25, -0.2) is 0 Å². The van der Waals surface area contributed by atoms with Crippen molar-refractivity contribution in [3.8, 4) is 0 Å². The largest absolute Gasteiger partial charge is 0.294 e. The summed E-state index contributed by atoms with van der Waals surface area (Å²) in [5.41, 5.74) is 2.46. The summed E-state index contributed by atoms with van der Waals surface area (Å²) >= 11 is 2.08. The molecule has 0 N–H and O–H groups in total. The van der Waals surface area contributed by atoms with Crippen LogP contribution in [0, 0.1) is 0 Å². The molecule has 0 amide bonds. The molecular weight excluding hydrogens is 252 g/mol. The Kier molecular flexibility index (Phi) is 5.75. The average Bonchev–Trinajstić information content (AvgIpc) is 2.68. The minimum atomic E-state index is 0.395. The zero-order valence-electron chi connectivity index (χ0n) is 12.3. The maximum Gasteiger partial charge on any atom is 0.160 e. The van der Waals surface area contributed by atoms with E-state index in [9.17, 15) is 4.79 Å². The van der Waals surface area contributed by atoms with E-state index in [2.05, 4.69) is 37.8 Å². The zero-order valence-corrected chi connectivity index (χ0v) is 13.1. The molecule has 0 bridgehead atoms. The summed E-state index contributed by atoms with van der Waals surface area (Å²) in [6.45, 7) is 4.32. The predicted octanol–water partition coefficient (Wildman–Crippen LogP) is 5.07. The quantitative estimate of drug-likeness (QED) is 0.653. The molecule has 2 rings (SSSR count). The van der Waals surface area contributed by atoms with Crippen LogP contribution in [0.15, 0.2) is 23.3 Å². The number of hydrogen-bond acceptors (Lipinski definition) is 2. The van der Waals surface area contributed by atoms with Crippen LogP contribution in [0.25, 0.3) is 0 Å². The van der Waals surface area contributed by atoms with Gasteiger partial charge in [-0.05, 0) is 38.2 Å². The van der Waals surface area contributed by atoms with Crippen LogP contribution in [0.5, 0.6) is 0 Å². The van der Waals surface area contributed by atoms with E-state index in [4.69, 9.17) is 0 Å². The van der Waals surface area contributed by atoms with Crippen molar-refractivity contribution >= 4 is 17.5 Å². The molecule has 106 valence electrons. The molecule has 1 atom stereocenters. The summed E-state index contributed by atoms with van der Waals surface area (Å²) in [6.07, 6.45) is 13.9. The summed E-state index contributed by atoms with van der Waals surface area (Å²) in [5.74, 6) is 0.395. The Hall–Kier alpha value is -0.500. The van der Waals surface area contributed by atoms with E-state index < -0.39 is 0 Å². The summed E-state index contributed by atoms with van der Waals surface area (Å²) in [6, 6.07) is 0. The fourth-order valence-corrected chi connectivity index (χ4v) is 4.75. The summed E-state index contributed by atoms with van der Waals surface area (Å²) < 4.78 is 0. The van der Waals surface area contributed by atoms with Crippen molar-refractivity contribution in [2.24, 2.45) is 0 Å². The molecule has 2 aliphatic carbocycles. The number of ketones is 1. The van der Waals surface area contributed by atoms with Gasteiger partial charge >= 0.3 is 0 Å².